The van der Waals surface area contributed by atoms with Crippen LogP contribution in [0.25, 0.3) is 21.1 Å². The molecule has 34 heavy (non-hydrogen) atoms. The van der Waals surface area contributed by atoms with E-state index >= 15 is 0 Å². The summed E-state index contributed by atoms with van der Waals surface area (Å²) >= 11 is 1.34. The van der Waals surface area contributed by atoms with Gasteiger partial charge in [0.05, 0.1) is 41.8 Å². The first kappa shape index (κ1) is 21.5. The number of carbonyl (C=O) groups is 1. The number of pyridine rings is 1. The van der Waals surface area contributed by atoms with Gasteiger partial charge < -0.3 is 14.2 Å². The molecule has 9 nitrogen and oxygen atoms in total. The van der Waals surface area contributed by atoms with Gasteiger partial charge in [-0.05, 0) is 31.2 Å². The number of fused-ring (bicyclic) bond motifs is 2. The van der Waals surface area contributed by atoms with E-state index in [1.165, 1.54) is 17.5 Å². The fourth-order valence-electron chi connectivity index (χ4n) is 3.36. The van der Waals surface area contributed by atoms with Crippen molar-refractivity contribution in [3.05, 3.63) is 66.4 Å². The number of carbonyl (C=O) groups excluding carboxylic acids is 1. The molecule has 0 aliphatic rings. The standard InChI is InChI=1S/C24H19N5O4S/c1-13-11-27-18(12-26-13)23(30)29-24-28-16-5-4-14(8-22(16)34-24)33-19-6-7-25-17-10-21(32-3)20(31-2)9-15(17)19/h4-12H,1-3H3,(H,28,29,30). The number of amides is 1. The number of ether oxygens (including phenoxy) is 3. The van der Waals surface area contributed by atoms with E-state index in [-0.39, 0.29) is 11.6 Å². The molecule has 1 N–H and O–H groups in total. The molecule has 2 aromatic carbocycles. The Morgan fingerprint density at radius 3 is 2.50 bits per heavy atom. The molecule has 10 heteroatoms. The Labute approximate surface area is 198 Å². The molecule has 5 rings (SSSR count). The predicted octanol–water partition coefficient (Wildman–Crippen LogP) is 5.00. The maximum atomic E-state index is 12.4. The van der Waals surface area contributed by atoms with Crippen LogP contribution in [0.3, 0.4) is 0 Å². The SMILES string of the molecule is COc1cc2nccc(Oc3ccc4nc(NC(=O)c5cnc(C)cn5)sc4c3)c2cc1OC. The number of benzene rings is 2. The highest BCUT2D eigenvalue weighted by Crippen LogP contribution is 2.38. The van der Waals surface area contributed by atoms with Crippen LogP contribution >= 0.6 is 11.3 Å². The van der Waals surface area contributed by atoms with Crippen LogP contribution in [0.15, 0.2) is 55.0 Å². The lowest BCUT2D eigenvalue weighted by atomic mass is 10.2. The van der Waals surface area contributed by atoms with Crippen LogP contribution in [0.4, 0.5) is 5.13 Å². The number of nitrogens with one attached hydrogen (secondary N) is 1. The molecule has 0 unspecified atom stereocenters. The van der Waals surface area contributed by atoms with Crippen LogP contribution in [-0.4, -0.2) is 40.1 Å². The van der Waals surface area contributed by atoms with E-state index in [1.807, 2.05) is 31.2 Å². The number of methoxy groups -OCH3 is 2. The predicted molar refractivity (Wildman–Crippen MR) is 129 cm³/mol. The van der Waals surface area contributed by atoms with Crippen molar-refractivity contribution in [3.63, 3.8) is 0 Å². The van der Waals surface area contributed by atoms with E-state index in [9.17, 15) is 4.79 Å². The molecule has 3 aromatic heterocycles. The zero-order chi connectivity index (χ0) is 23.7. The van der Waals surface area contributed by atoms with Gasteiger partial charge in [-0.3, -0.25) is 20.1 Å². The monoisotopic (exact) mass is 473 g/mol. The number of rotatable bonds is 6. The molecule has 0 radical (unpaired) electrons. The minimum Gasteiger partial charge on any atom is -0.493 e. The second-order valence-corrected chi connectivity index (χ2v) is 8.31. The van der Waals surface area contributed by atoms with Crippen LogP contribution in [0.2, 0.25) is 0 Å². The van der Waals surface area contributed by atoms with E-state index in [0.717, 1.165) is 26.8 Å². The smallest absolute Gasteiger partial charge is 0.277 e. The van der Waals surface area contributed by atoms with Gasteiger partial charge in [-0.25, -0.2) is 9.97 Å². The van der Waals surface area contributed by atoms with Gasteiger partial charge in [-0.1, -0.05) is 11.3 Å². The zero-order valence-electron chi connectivity index (χ0n) is 18.5. The van der Waals surface area contributed by atoms with Crippen molar-refractivity contribution in [1.82, 2.24) is 19.9 Å². The zero-order valence-corrected chi connectivity index (χ0v) is 19.3. The molecular weight excluding hydrogens is 454 g/mol. The fraction of sp³-hybridized carbons (Fsp3) is 0.125. The maximum absolute atomic E-state index is 12.4. The summed E-state index contributed by atoms with van der Waals surface area (Å²) in [6.45, 7) is 1.81. The average Bonchev–Trinajstić information content (AvgIpc) is 3.25. The molecule has 0 saturated carbocycles. The number of anilines is 1. The van der Waals surface area contributed by atoms with Crippen LogP contribution in [0.5, 0.6) is 23.0 Å². The van der Waals surface area contributed by atoms with E-state index in [0.29, 0.717) is 28.1 Å². The largest absolute Gasteiger partial charge is 0.493 e. The first-order valence-electron chi connectivity index (χ1n) is 10.2. The Morgan fingerprint density at radius 1 is 0.912 bits per heavy atom. The normalized spacial score (nSPS) is 10.9. The topological polar surface area (TPSA) is 108 Å². The fourth-order valence-corrected chi connectivity index (χ4v) is 4.25. The molecule has 0 spiro atoms. The second-order valence-electron chi connectivity index (χ2n) is 7.28. The van der Waals surface area contributed by atoms with Crippen molar-refractivity contribution in [1.29, 1.82) is 0 Å². The van der Waals surface area contributed by atoms with E-state index in [4.69, 9.17) is 14.2 Å². The highest BCUT2D eigenvalue weighted by Gasteiger charge is 2.14. The highest BCUT2D eigenvalue weighted by atomic mass is 32.1. The number of hydrogen-bond acceptors (Lipinski definition) is 9. The molecule has 0 saturated heterocycles. The first-order chi connectivity index (χ1) is 16.5. The van der Waals surface area contributed by atoms with Gasteiger partial charge in [0.1, 0.15) is 17.2 Å². The lowest BCUT2D eigenvalue weighted by Gasteiger charge is -2.12. The van der Waals surface area contributed by atoms with Crippen molar-refractivity contribution < 1.29 is 19.0 Å². The van der Waals surface area contributed by atoms with Crippen molar-refractivity contribution in [2.75, 3.05) is 19.5 Å². The quantitative estimate of drug-likeness (QED) is 0.367. The summed E-state index contributed by atoms with van der Waals surface area (Å²) in [5.41, 5.74) is 2.43. The molecule has 0 aliphatic carbocycles. The van der Waals surface area contributed by atoms with Crippen LogP contribution in [-0.2, 0) is 0 Å². The molecular formula is C24H19N5O4S. The Bertz CT molecular complexity index is 1520. The Balaban J connectivity index is 1.41. The number of aryl methyl sites for hydroxylation is 1. The number of thiazole rings is 1. The van der Waals surface area contributed by atoms with Crippen molar-refractivity contribution in [2.45, 2.75) is 6.92 Å². The molecule has 0 fully saturated rings. The molecule has 1 amide bonds. The lowest BCUT2D eigenvalue weighted by molar-refractivity contribution is 0.102. The third-order valence-electron chi connectivity index (χ3n) is 5.03. The summed E-state index contributed by atoms with van der Waals surface area (Å²) in [6, 6.07) is 11.0. The number of aromatic nitrogens is 4. The van der Waals surface area contributed by atoms with Gasteiger partial charge in [0, 0.05) is 29.9 Å². The summed E-state index contributed by atoms with van der Waals surface area (Å²) in [6.07, 6.45) is 4.66. The molecule has 0 bridgehead atoms. The van der Waals surface area contributed by atoms with Crippen molar-refractivity contribution in [2.24, 2.45) is 0 Å². The van der Waals surface area contributed by atoms with Crippen molar-refractivity contribution >= 4 is 43.5 Å². The minimum atomic E-state index is -0.365. The Kier molecular flexibility index (Phi) is 5.64. The molecule has 170 valence electrons. The van der Waals surface area contributed by atoms with Gasteiger partial charge in [0.15, 0.2) is 16.6 Å². The number of nitrogens with zero attached hydrogens (tertiary/aromatic N) is 4. The van der Waals surface area contributed by atoms with Gasteiger partial charge in [0.2, 0.25) is 0 Å². The van der Waals surface area contributed by atoms with Gasteiger partial charge >= 0.3 is 0 Å². The molecule has 0 atom stereocenters. The summed E-state index contributed by atoms with van der Waals surface area (Å²) < 4.78 is 17.8. The van der Waals surface area contributed by atoms with E-state index in [1.54, 1.807) is 38.7 Å². The van der Waals surface area contributed by atoms with Crippen LogP contribution in [0.1, 0.15) is 16.2 Å². The van der Waals surface area contributed by atoms with Gasteiger partial charge in [-0.2, -0.15) is 0 Å². The lowest BCUT2D eigenvalue weighted by Crippen LogP contribution is -2.13. The average molecular weight is 474 g/mol. The molecule has 5 aromatic rings. The van der Waals surface area contributed by atoms with Crippen LogP contribution in [0, 0.1) is 6.92 Å². The first-order valence-corrected chi connectivity index (χ1v) is 11.0. The summed E-state index contributed by atoms with van der Waals surface area (Å²) in [5.74, 6) is 2.07. The maximum Gasteiger partial charge on any atom is 0.277 e. The van der Waals surface area contributed by atoms with Crippen molar-refractivity contribution in [3.8, 4) is 23.0 Å². The summed E-state index contributed by atoms with van der Waals surface area (Å²) in [4.78, 5) is 29.5. The summed E-state index contributed by atoms with van der Waals surface area (Å²) in [7, 11) is 3.17. The Hall–Kier alpha value is -4.31. The highest BCUT2D eigenvalue weighted by molar-refractivity contribution is 7.22. The van der Waals surface area contributed by atoms with E-state index < -0.39 is 0 Å². The van der Waals surface area contributed by atoms with E-state index in [2.05, 4.69) is 25.3 Å². The third kappa shape index (κ3) is 4.18. The summed E-state index contributed by atoms with van der Waals surface area (Å²) in [5, 5.41) is 4.03. The second kappa shape index (κ2) is 8.91. The van der Waals surface area contributed by atoms with Crippen LogP contribution < -0.4 is 19.5 Å². The molecule has 0 aliphatic heterocycles. The van der Waals surface area contributed by atoms with Gasteiger partial charge in [-0.15, -0.1) is 0 Å². The molecule has 3 heterocycles. The third-order valence-corrected chi connectivity index (χ3v) is 5.96. The number of hydrogen-bond donors (Lipinski definition) is 1. The minimum absolute atomic E-state index is 0.227. The van der Waals surface area contributed by atoms with Gasteiger partial charge in [0.25, 0.3) is 5.91 Å². The Morgan fingerprint density at radius 2 is 1.74 bits per heavy atom.